The molecule has 1 unspecified atom stereocenters. The summed E-state index contributed by atoms with van der Waals surface area (Å²) in [6, 6.07) is 7.22. The monoisotopic (exact) mass is 324 g/mol. The topological polar surface area (TPSA) is 75.8 Å². The Morgan fingerprint density at radius 1 is 1.33 bits per heavy atom. The molecule has 126 valence electrons. The summed E-state index contributed by atoms with van der Waals surface area (Å²) in [5, 5.41) is 5.51. The van der Waals surface area contributed by atoms with Crippen LogP contribution in [0.5, 0.6) is 0 Å². The van der Waals surface area contributed by atoms with Crippen molar-refractivity contribution in [3.05, 3.63) is 48.2 Å². The van der Waals surface area contributed by atoms with E-state index in [0.717, 1.165) is 19.5 Å². The molecule has 6 nitrogen and oxygen atoms in total. The lowest BCUT2D eigenvalue weighted by atomic mass is 10.0. The van der Waals surface area contributed by atoms with Gasteiger partial charge < -0.3 is 10.7 Å². The van der Waals surface area contributed by atoms with Crippen molar-refractivity contribution < 1.29 is 0 Å². The summed E-state index contributed by atoms with van der Waals surface area (Å²) >= 11 is 0. The van der Waals surface area contributed by atoms with Crippen LogP contribution in [-0.2, 0) is 13.0 Å². The summed E-state index contributed by atoms with van der Waals surface area (Å²) < 4.78 is 1.85. The van der Waals surface area contributed by atoms with Gasteiger partial charge in [0.2, 0.25) is 0 Å². The largest absolute Gasteiger partial charge is 0.361 e. The maximum Gasteiger partial charge on any atom is 0.137 e. The predicted molar refractivity (Wildman–Crippen MR) is 94.5 cm³/mol. The number of nitrogens with one attached hydrogen (secondary N) is 1. The first-order valence-electron chi connectivity index (χ1n) is 8.69. The Bertz CT molecular complexity index is 791. The van der Waals surface area contributed by atoms with Crippen molar-refractivity contribution in [1.29, 1.82) is 0 Å². The van der Waals surface area contributed by atoms with E-state index in [1.54, 1.807) is 12.7 Å². The summed E-state index contributed by atoms with van der Waals surface area (Å²) in [5.41, 5.74) is 9.70. The molecule has 0 spiro atoms. The van der Waals surface area contributed by atoms with Crippen molar-refractivity contribution in [3.8, 4) is 0 Å². The highest BCUT2D eigenvalue weighted by molar-refractivity contribution is 5.83. The molecule has 3 aromatic rings. The second kappa shape index (κ2) is 6.75. The number of rotatable bonds is 6. The first-order chi connectivity index (χ1) is 11.8. The minimum atomic E-state index is 0.637. The number of aromatic amines is 1. The molecule has 2 aromatic heterocycles. The summed E-state index contributed by atoms with van der Waals surface area (Å²) in [4.78, 5) is 9.82. The average molecular weight is 324 g/mol. The van der Waals surface area contributed by atoms with Gasteiger partial charge in [-0.1, -0.05) is 6.07 Å². The van der Waals surface area contributed by atoms with Gasteiger partial charge in [-0.15, -0.1) is 0 Å². The van der Waals surface area contributed by atoms with E-state index in [2.05, 4.69) is 44.4 Å². The van der Waals surface area contributed by atoms with Crippen molar-refractivity contribution in [1.82, 2.24) is 24.6 Å². The van der Waals surface area contributed by atoms with Crippen molar-refractivity contribution >= 4 is 10.9 Å². The highest BCUT2D eigenvalue weighted by Crippen LogP contribution is 2.25. The Labute approximate surface area is 141 Å². The first-order valence-corrected chi connectivity index (χ1v) is 8.69. The summed E-state index contributed by atoms with van der Waals surface area (Å²) in [6.07, 6.45) is 10.3. The predicted octanol–water partition coefficient (Wildman–Crippen LogP) is 2.12. The Morgan fingerprint density at radius 2 is 2.29 bits per heavy atom. The third kappa shape index (κ3) is 3.07. The second-order valence-corrected chi connectivity index (χ2v) is 6.62. The standard InChI is InChI=1S/C18H24N6/c19-11-23-7-1-2-16(23)5-4-15-9-21-18-6-3-14(8-17(15)18)10-24-13-20-12-22-24/h3,6,8-9,12-13,16,21H,1-2,4-5,7,10-11,19H2. The number of hydrogen-bond donors (Lipinski definition) is 2. The van der Waals surface area contributed by atoms with E-state index in [4.69, 9.17) is 5.73 Å². The fourth-order valence-electron chi connectivity index (χ4n) is 3.82. The van der Waals surface area contributed by atoms with E-state index >= 15 is 0 Å². The third-order valence-electron chi connectivity index (χ3n) is 5.12. The van der Waals surface area contributed by atoms with Crippen molar-refractivity contribution in [2.24, 2.45) is 5.73 Å². The molecule has 1 aliphatic rings. The lowest BCUT2D eigenvalue weighted by molar-refractivity contribution is 0.250. The number of aryl methyl sites for hydroxylation is 1. The molecule has 24 heavy (non-hydrogen) atoms. The number of benzene rings is 1. The van der Waals surface area contributed by atoms with Crippen LogP contribution in [0.15, 0.2) is 37.1 Å². The Hall–Kier alpha value is -2.18. The Balaban J connectivity index is 1.50. The van der Waals surface area contributed by atoms with Crippen LogP contribution in [0.4, 0.5) is 0 Å². The van der Waals surface area contributed by atoms with E-state index in [-0.39, 0.29) is 0 Å². The number of aromatic nitrogens is 4. The molecule has 1 aliphatic heterocycles. The van der Waals surface area contributed by atoms with Crippen LogP contribution in [0.3, 0.4) is 0 Å². The molecule has 0 radical (unpaired) electrons. The molecule has 1 saturated heterocycles. The molecule has 0 aliphatic carbocycles. The molecule has 1 aromatic carbocycles. The van der Waals surface area contributed by atoms with Crippen LogP contribution in [0.2, 0.25) is 0 Å². The molecule has 1 atom stereocenters. The van der Waals surface area contributed by atoms with E-state index in [0.29, 0.717) is 12.7 Å². The van der Waals surface area contributed by atoms with Crippen LogP contribution in [-0.4, -0.2) is 43.9 Å². The number of hydrogen-bond acceptors (Lipinski definition) is 4. The number of likely N-dealkylation sites (tertiary alicyclic amines) is 1. The molecule has 6 heteroatoms. The van der Waals surface area contributed by atoms with Gasteiger partial charge in [-0.25, -0.2) is 9.67 Å². The van der Waals surface area contributed by atoms with Crippen LogP contribution in [0, 0.1) is 0 Å². The highest BCUT2D eigenvalue weighted by Gasteiger charge is 2.23. The number of nitrogens with two attached hydrogens (primary N) is 1. The molecule has 4 rings (SSSR count). The summed E-state index contributed by atoms with van der Waals surface area (Å²) in [7, 11) is 0. The SMILES string of the molecule is NCN1CCCC1CCc1c[nH]c2ccc(Cn3cncn3)cc12. The Kier molecular flexibility index (Phi) is 4.32. The minimum Gasteiger partial charge on any atom is -0.361 e. The van der Waals surface area contributed by atoms with Gasteiger partial charge in [-0.2, -0.15) is 5.10 Å². The van der Waals surface area contributed by atoms with Gasteiger partial charge in [-0.3, -0.25) is 4.90 Å². The molecule has 3 N–H and O–H groups in total. The summed E-state index contributed by atoms with van der Waals surface area (Å²) in [5.74, 6) is 0. The van der Waals surface area contributed by atoms with Gasteiger partial charge in [0, 0.05) is 29.8 Å². The maximum absolute atomic E-state index is 5.85. The van der Waals surface area contributed by atoms with Crippen LogP contribution in [0.1, 0.15) is 30.4 Å². The van der Waals surface area contributed by atoms with Gasteiger partial charge in [0.15, 0.2) is 0 Å². The van der Waals surface area contributed by atoms with Gasteiger partial charge in [0.25, 0.3) is 0 Å². The molecular formula is C18H24N6. The van der Waals surface area contributed by atoms with E-state index in [1.807, 2.05) is 4.68 Å². The van der Waals surface area contributed by atoms with E-state index in [9.17, 15) is 0 Å². The third-order valence-corrected chi connectivity index (χ3v) is 5.12. The molecule has 0 saturated carbocycles. The zero-order valence-corrected chi connectivity index (χ0v) is 13.9. The molecule has 0 amide bonds. The second-order valence-electron chi connectivity index (χ2n) is 6.62. The van der Waals surface area contributed by atoms with Gasteiger partial charge in [-0.05, 0) is 55.5 Å². The average Bonchev–Trinajstić information content (AvgIpc) is 3.33. The fourth-order valence-corrected chi connectivity index (χ4v) is 3.82. The van der Waals surface area contributed by atoms with Crippen LogP contribution in [0.25, 0.3) is 10.9 Å². The van der Waals surface area contributed by atoms with Crippen LogP contribution >= 0.6 is 0 Å². The van der Waals surface area contributed by atoms with Gasteiger partial charge in [0.05, 0.1) is 6.54 Å². The zero-order valence-electron chi connectivity index (χ0n) is 13.9. The highest BCUT2D eigenvalue weighted by atomic mass is 15.3. The van der Waals surface area contributed by atoms with E-state index < -0.39 is 0 Å². The van der Waals surface area contributed by atoms with Gasteiger partial charge >= 0.3 is 0 Å². The maximum atomic E-state index is 5.85. The summed E-state index contributed by atoms with van der Waals surface area (Å²) in [6.45, 7) is 2.59. The quantitative estimate of drug-likeness (QED) is 0.728. The normalized spacial score (nSPS) is 18.6. The minimum absolute atomic E-state index is 0.637. The molecule has 1 fully saturated rings. The lowest BCUT2D eigenvalue weighted by Gasteiger charge is -2.22. The number of H-pyrrole nitrogens is 1. The fraction of sp³-hybridized carbons (Fsp3) is 0.444. The van der Waals surface area contributed by atoms with E-state index in [1.165, 1.54) is 41.3 Å². The number of fused-ring (bicyclic) bond motifs is 1. The molecule has 3 heterocycles. The zero-order chi connectivity index (χ0) is 16.4. The lowest BCUT2D eigenvalue weighted by Crippen LogP contribution is -2.34. The number of nitrogens with zero attached hydrogens (tertiary/aromatic N) is 4. The molecular weight excluding hydrogens is 300 g/mol. The van der Waals surface area contributed by atoms with Crippen molar-refractivity contribution in [2.45, 2.75) is 38.3 Å². The van der Waals surface area contributed by atoms with Crippen molar-refractivity contribution in [2.75, 3.05) is 13.2 Å². The first kappa shape index (κ1) is 15.4. The smallest absolute Gasteiger partial charge is 0.137 e. The Morgan fingerprint density at radius 3 is 3.12 bits per heavy atom. The molecule has 0 bridgehead atoms. The van der Waals surface area contributed by atoms with Crippen LogP contribution < -0.4 is 5.73 Å². The van der Waals surface area contributed by atoms with Crippen molar-refractivity contribution in [3.63, 3.8) is 0 Å². The van der Waals surface area contributed by atoms with Gasteiger partial charge in [0.1, 0.15) is 12.7 Å².